The number of ether oxygens (including phenoxy) is 2. The van der Waals surface area contributed by atoms with Gasteiger partial charge in [0.25, 0.3) is 5.91 Å². The number of halogens is 1. The highest BCUT2D eigenvalue weighted by Crippen LogP contribution is 2.53. The molecule has 2 saturated heterocycles. The number of esters is 1. The van der Waals surface area contributed by atoms with Crippen LogP contribution >= 0.6 is 11.6 Å². The van der Waals surface area contributed by atoms with E-state index in [4.69, 9.17) is 21.1 Å². The van der Waals surface area contributed by atoms with Gasteiger partial charge in [0.2, 0.25) is 5.91 Å². The van der Waals surface area contributed by atoms with E-state index in [9.17, 15) is 19.5 Å². The second kappa shape index (κ2) is 8.83. The molecule has 4 aliphatic heterocycles. The molecule has 0 saturated carbocycles. The van der Waals surface area contributed by atoms with Crippen LogP contribution in [0.25, 0.3) is 0 Å². The Morgan fingerprint density at radius 3 is 2.68 bits per heavy atom. The molecule has 9 heteroatoms. The third kappa shape index (κ3) is 3.47. The molecule has 1 aromatic rings. The average molecular weight is 487 g/mol. The van der Waals surface area contributed by atoms with Crippen molar-refractivity contribution in [1.29, 1.82) is 0 Å². The maximum absolute atomic E-state index is 14.1. The Morgan fingerprint density at radius 1 is 1.18 bits per heavy atom. The van der Waals surface area contributed by atoms with Gasteiger partial charge in [-0.05, 0) is 44.0 Å². The Bertz CT molecular complexity index is 1060. The molecule has 0 aromatic heterocycles. The number of cyclic esters (lactones) is 1. The molecular weight excluding hydrogens is 460 g/mol. The van der Waals surface area contributed by atoms with Gasteiger partial charge in [-0.15, -0.1) is 0 Å². The number of benzene rings is 1. The number of carbonyl (C=O) groups is 3. The molecule has 0 aliphatic carbocycles. The fraction of sp³-hybridized carbons (Fsp3) is 0.480. The van der Waals surface area contributed by atoms with Crippen LogP contribution in [0, 0.1) is 11.8 Å². The first-order chi connectivity index (χ1) is 16.4. The van der Waals surface area contributed by atoms with Crippen molar-refractivity contribution in [2.75, 3.05) is 24.7 Å². The van der Waals surface area contributed by atoms with Crippen LogP contribution in [-0.2, 0) is 23.9 Å². The maximum atomic E-state index is 14.1. The summed E-state index contributed by atoms with van der Waals surface area (Å²) in [6.45, 7) is 1.88. The molecule has 8 nitrogen and oxygen atoms in total. The zero-order chi connectivity index (χ0) is 24.0. The molecule has 6 atom stereocenters. The number of amides is 2. The summed E-state index contributed by atoms with van der Waals surface area (Å²) in [5.74, 6) is -3.03. The first-order valence-corrected chi connectivity index (χ1v) is 12.0. The third-order valence-electron chi connectivity index (χ3n) is 7.17. The summed E-state index contributed by atoms with van der Waals surface area (Å²) < 4.78 is 12.0. The largest absolute Gasteiger partial charge is 0.465 e. The van der Waals surface area contributed by atoms with Gasteiger partial charge in [0.05, 0.1) is 31.3 Å². The van der Waals surface area contributed by atoms with E-state index in [1.54, 1.807) is 48.2 Å². The van der Waals surface area contributed by atoms with Crippen molar-refractivity contribution in [3.63, 3.8) is 0 Å². The van der Waals surface area contributed by atoms with Crippen molar-refractivity contribution in [3.8, 4) is 0 Å². The lowest BCUT2D eigenvalue weighted by Gasteiger charge is -2.37. The Morgan fingerprint density at radius 2 is 1.94 bits per heavy atom. The molecule has 2 amide bonds. The van der Waals surface area contributed by atoms with E-state index < -0.39 is 41.6 Å². The van der Waals surface area contributed by atoms with Gasteiger partial charge in [-0.3, -0.25) is 14.4 Å². The molecule has 1 spiro atoms. The van der Waals surface area contributed by atoms with Gasteiger partial charge in [0.1, 0.15) is 17.6 Å². The van der Waals surface area contributed by atoms with Gasteiger partial charge in [-0.2, -0.15) is 0 Å². The van der Waals surface area contributed by atoms with Gasteiger partial charge >= 0.3 is 5.97 Å². The number of aliphatic hydroxyl groups is 1. The quantitative estimate of drug-likeness (QED) is 0.519. The van der Waals surface area contributed by atoms with Crippen LogP contribution in [0.15, 0.2) is 48.6 Å². The smallest absolute Gasteiger partial charge is 0.312 e. The van der Waals surface area contributed by atoms with Crippen LogP contribution in [0.4, 0.5) is 5.69 Å². The number of nitrogens with zero attached hydrogens (tertiary/aromatic N) is 2. The molecule has 0 radical (unpaired) electrons. The van der Waals surface area contributed by atoms with E-state index in [-0.39, 0.29) is 31.6 Å². The fourth-order valence-corrected chi connectivity index (χ4v) is 5.73. The van der Waals surface area contributed by atoms with Crippen LogP contribution in [0.3, 0.4) is 0 Å². The van der Waals surface area contributed by atoms with E-state index in [2.05, 4.69) is 0 Å². The zero-order valence-corrected chi connectivity index (χ0v) is 19.6. The highest BCUT2D eigenvalue weighted by atomic mass is 35.5. The molecule has 4 aliphatic rings. The molecule has 5 rings (SSSR count). The number of carbonyl (C=O) groups excluding carboxylic acids is 3. The van der Waals surface area contributed by atoms with Crippen molar-refractivity contribution < 1.29 is 29.0 Å². The molecule has 1 N–H and O–H groups in total. The third-order valence-corrected chi connectivity index (χ3v) is 7.42. The predicted molar refractivity (Wildman–Crippen MR) is 124 cm³/mol. The van der Waals surface area contributed by atoms with E-state index in [1.807, 2.05) is 12.2 Å². The SMILES string of the molecule is C[C@H](CO)N1C(=O)[C@@H]2[C@@H]3C(=O)OCCC/C=C\[C@@H]3O[C@@]23C=CCN(c2ccc(Cl)cc2)C(=O)C13. The first-order valence-electron chi connectivity index (χ1n) is 11.6. The minimum atomic E-state index is -1.35. The summed E-state index contributed by atoms with van der Waals surface area (Å²) in [4.78, 5) is 44.0. The second-order valence-corrected chi connectivity index (χ2v) is 9.62. The normalized spacial score (nSPS) is 34.9. The minimum Gasteiger partial charge on any atom is -0.465 e. The van der Waals surface area contributed by atoms with E-state index >= 15 is 0 Å². The topological polar surface area (TPSA) is 96.4 Å². The lowest BCUT2D eigenvalue weighted by Crippen LogP contribution is -2.57. The molecular formula is C25H27ClN2O6. The van der Waals surface area contributed by atoms with Gasteiger partial charge in [-0.1, -0.05) is 35.9 Å². The maximum Gasteiger partial charge on any atom is 0.312 e. The molecule has 2 fully saturated rings. The van der Waals surface area contributed by atoms with Crippen LogP contribution in [0.5, 0.6) is 0 Å². The number of hydrogen-bond acceptors (Lipinski definition) is 6. The number of fused-ring (bicyclic) bond motifs is 2. The number of rotatable bonds is 3. The lowest BCUT2D eigenvalue weighted by atomic mass is 9.78. The minimum absolute atomic E-state index is 0.263. The highest BCUT2D eigenvalue weighted by molar-refractivity contribution is 6.30. The highest BCUT2D eigenvalue weighted by Gasteiger charge is 2.72. The van der Waals surface area contributed by atoms with Gasteiger partial charge in [0.15, 0.2) is 0 Å². The number of allylic oxidation sites excluding steroid dienone is 1. The van der Waals surface area contributed by atoms with Crippen LogP contribution in [0.1, 0.15) is 19.8 Å². The van der Waals surface area contributed by atoms with Gasteiger partial charge < -0.3 is 24.4 Å². The van der Waals surface area contributed by atoms with Crippen LogP contribution in [-0.4, -0.2) is 71.3 Å². The second-order valence-electron chi connectivity index (χ2n) is 9.18. The van der Waals surface area contributed by atoms with Crippen molar-refractivity contribution >= 4 is 35.1 Å². The number of hydrogen-bond donors (Lipinski definition) is 1. The molecule has 180 valence electrons. The predicted octanol–water partition coefficient (Wildman–Crippen LogP) is 2.10. The Balaban J connectivity index is 1.63. The van der Waals surface area contributed by atoms with E-state index in [0.29, 0.717) is 17.1 Å². The van der Waals surface area contributed by atoms with Crippen LogP contribution in [0.2, 0.25) is 5.02 Å². The molecule has 34 heavy (non-hydrogen) atoms. The van der Waals surface area contributed by atoms with Crippen LogP contribution < -0.4 is 4.90 Å². The van der Waals surface area contributed by atoms with E-state index in [1.165, 1.54) is 4.90 Å². The number of likely N-dealkylation sites (tertiary alicyclic amines) is 1. The summed E-state index contributed by atoms with van der Waals surface area (Å²) in [6.07, 6.45) is 8.05. The Hall–Kier alpha value is -2.68. The number of anilines is 1. The van der Waals surface area contributed by atoms with Crippen molar-refractivity contribution in [2.24, 2.45) is 11.8 Å². The first kappa shape index (κ1) is 23.1. The zero-order valence-electron chi connectivity index (χ0n) is 18.8. The van der Waals surface area contributed by atoms with Crippen molar-refractivity contribution in [1.82, 2.24) is 4.90 Å². The van der Waals surface area contributed by atoms with E-state index in [0.717, 1.165) is 6.42 Å². The summed E-state index contributed by atoms with van der Waals surface area (Å²) in [7, 11) is 0. The summed E-state index contributed by atoms with van der Waals surface area (Å²) >= 11 is 6.04. The number of aliphatic hydroxyl groups excluding tert-OH is 1. The average Bonchev–Trinajstić information content (AvgIpc) is 3.24. The lowest BCUT2D eigenvalue weighted by molar-refractivity contribution is -0.155. The standard InChI is InChI=1S/C25H27ClN2O6/c1-15(14-29)28-21-23(31)27(17-9-7-16(26)8-10-17)12-5-11-25(21)20(22(28)30)19-18(34-25)6-3-2-4-13-33-24(19)32/h3,5-11,15,18-21,29H,2,4,12-14H2,1H3/b6-3-/t15-,18+,19-,20+,21?,25+/m1/s1. The summed E-state index contributed by atoms with van der Waals surface area (Å²) in [6, 6.07) is 5.19. The monoisotopic (exact) mass is 486 g/mol. The summed E-state index contributed by atoms with van der Waals surface area (Å²) in [5, 5.41) is 10.5. The molecule has 0 bridgehead atoms. The van der Waals surface area contributed by atoms with Gasteiger partial charge in [-0.25, -0.2) is 0 Å². The Labute approximate surface area is 202 Å². The molecule has 4 heterocycles. The molecule has 1 unspecified atom stereocenters. The van der Waals surface area contributed by atoms with Crippen molar-refractivity contribution in [2.45, 2.75) is 43.6 Å². The van der Waals surface area contributed by atoms with Gasteiger partial charge in [0, 0.05) is 17.3 Å². The molecule has 1 aromatic carbocycles. The Kier molecular flexibility index (Phi) is 6.00. The fourth-order valence-electron chi connectivity index (χ4n) is 5.61. The summed E-state index contributed by atoms with van der Waals surface area (Å²) in [5.41, 5.74) is -0.722. The van der Waals surface area contributed by atoms with Crippen molar-refractivity contribution in [3.05, 3.63) is 53.6 Å².